The first-order valence-electron chi connectivity index (χ1n) is 10.3. The van der Waals surface area contributed by atoms with Crippen molar-refractivity contribution in [2.45, 2.75) is 16.8 Å². The number of nitrogens with zero attached hydrogens (tertiary/aromatic N) is 3. The van der Waals surface area contributed by atoms with E-state index in [9.17, 15) is 13.7 Å². The molecule has 1 aromatic heterocycles. The van der Waals surface area contributed by atoms with Crippen LogP contribution in [0.15, 0.2) is 76.7 Å². The number of aromatic nitrogens is 1. The molecule has 0 fully saturated rings. The number of thioether (sulfide) groups is 1. The van der Waals surface area contributed by atoms with Crippen molar-refractivity contribution < 1.29 is 8.42 Å². The number of nitriles is 1. The van der Waals surface area contributed by atoms with Crippen LogP contribution in [0.25, 0.3) is 22.0 Å². The molecule has 0 unspecified atom stereocenters. The third-order valence-electron chi connectivity index (χ3n) is 5.85. The Labute approximate surface area is 192 Å². The van der Waals surface area contributed by atoms with Gasteiger partial charge in [-0.1, -0.05) is 36.4 Å². The van der Waals surface area contributed by atoms with Crippen LogP contribution in [0.5, 0.6) is 0 Å². The van der Waals surface area contributed by atoms with Gasteiger partial charge in [-0.25, -0.2) is 0 Å². The highest BCUT2D eigenvalue weighted by Crippen LogP contribution is 2.41. The third kappa shape index (κ3) is 3.27. The van der Waals surface area contributed by atoms with Crippen LogP contribution in [0.3, 0.4) is 0 Å². The van der Waals surface area contributed by atoms with E-state index in [2.05, 4.69) is 6.07 Å². The highest BCUT2D eigenvalue weighted by Gasteiger charge is 2.32. The predicted octanol–water partition coefficient (Wildman–Crippen LogP) is 5.33. The Bertz CT molecular complexity index is 1510. The van der Waals surface area contributed by atoms with Crippen molar-refractivity contribution in [1.29, 1.82) is 5.26 Å². The van der Waals surface area contributed by atoms with Gasteiger partial charge >= 0.3 is 0 Å². The van der Waals surface area contributed by atoms with Crippen LogP contribution < -0.4 is 4.31 Å². The average molecular weight is 460 g/mol. The van der Waals surface area contributed by atoms with Crippen molar-refractivity contribution in [3.05, 3.63) is 77.9 Å². The number of benzene rings is 3. The van der Waals surface area contributed by atoms with Gasteiger partial charge in [0.2, 0.25) is 0 Å². The van der Waals surface area contributed by atoms with E-state index < -0.39 is 10.0 Å². The number of anilines is 1. The summed E-state index contributed by atoms with van der Waals surface area (Å²) in [6, 6.07) is 23.2. The molecule has 2 heterocycles. The summed E-state index contributed by atoms with van der Waals surface area (Å²) in [5.74, 6) is 0.684. The molecule has 0 bridgehead atoms. The molecule has 160 valence electrons. The second-order valence-electron chi connectivity index (χ2n) is 7.87. The van der Waals surface area contributed by atoms with Crippen LogP contribution in [0.4, 0.5) is 5.69 Å². The van der Waals surface area contributed by atoms with Gasteiger partial charge in [0.1, 0.15) is 0 Å². The molecule has 5 rings (SSSR count). The Balaban J connectivity index is 1.65. The average Bonchev–Trinajstić information content (AvgIpc) is 3.15. The lowest BCUT2D eigenvalue weighted by Gasteiger charge is -2.30. The van der Waals surface area contributed by atoms with Gasteiger partial charge in [0, 0.05) is 35.1 Å². The van der Waals surface area contributed by atoms with E-state index in [0.29, 0.717) is 23.5 Å². The zero-order chi connectivity index (χ0) is 22.5. The molecule has 7 heteroatoms. The van der Waals surface area contributed by atoms with E-state index in [1.54, 1.807) is 29.4 Å². The van der Waals surface area contributed by atoms with Crippen LogP contribution in [-0.2, 0) is 17.1 Å². The minimum Gasteiger partial charge on any atom is -0.333 e. The second-order valence-corrected chi connectivity index (χ2v) is 10.8. The Morgan fingerprint density at radius 1 is 1.03 bits per heavy atom. The van der Waals surface area contributed by atoms with Crippen LogP contribution in [-0.4, -0.2) is 25.3 Å². The largest absolute Gasteiger partial charge is 0.333 e. The first-order valence-corrected chi connectivity index (χ1v) is 12.7. The van der Waals surface area contributed by atoms with E-state index >= 15 is 0 Å². The standard InChI is InChI=1S/C25H21N3O2S2/c1-17-7-9-21(20(13-17)16-26)18-8-10-24-23(14-18)28(11-12-31-24)32(29,30)25-15-19-5-3-4-6-22(19)27(25)2/h3-10,13-15H,11-12H2,1-2H3. The lowest BCUT2D eigenvalue weighted by Crippen LogP contribution is -2.36. The number of hydrogen-bond acceptors (Lipinski definition) is 4. The molecule has 32 heavy (non-hydrogen) atoms. The predicted molar refractivity (Wildman–Crippen MR) is 130 cm³/mol. The van der Waals surface area contributed by atoms with E-state index in [1.165, 1.54) is 4.31 Å². The second kappa shape index (κ2) is 7.73. The smallest absolute Gasteiger partial charge is 0.280 e. The van der Waals surface area contributed by atoms with Crippen molar-refractivity contribution in [3.8, 4) is 17.2 Å². The lowest BCUT2D eigenvalue weighted by molar-refractivity contribution is 0.582. The molecule has 3 aromatic carbocycles. The summed E-state index contributed by atoms with van der Waals surface area (Å²) in [6.45, 7) is 2.34. The molecule has 0 radical (unpaired) electrons. The maximum atomic E-state index is 13.8. The van der Waals surface area contributed by atoms with Crippen LogP contribution in [0.2, 0.25) is 0 Å². The zero-order valence-electron chi connectivity index (χ0n) is 17.7. The van der Waals surface area contributed by atoms with Crippen molar-refractivity contribution in [2.24, 2.45) is 7.05 Å². The molecule has 0 spiro atoms. The summed E-state index contributed by atoms with van der Waals surface area (Å²) in [6.07, 6.45) is 0. The number of rotatable bonds is 3. The molecule has 0 saturated heterocycles. The molecule has 4 aromatic rings. The van der Waals surface area contributed by atoms with Gasteiger partial charge in [-0.15, -0.1) is 11.8 Å². The van der Waals surface area contributed by atoms with E-state index in [4.69, 9.17) is 0 Å². The Kier molecular flexibility index (Phi) is 5.00. The van der Waals surface area contributed by atoms with E-state index in [1.807, 2.05) is 67.6 Å². The quantitative estimate of drug-likeness (QED) is 0.416. The molecule has 0 amide bonds. The van der Waals surface area contributed by atoms with Crippen molar-refractivity contribution in [2.75, 3.05) is 16.6 Å². The maximum absolute atomic E-state index is 13.8. The molecule has 1 aliphatic heterocycles. The van der Waals surface area contributed by atoms with Crippen molar-refractivity contribution >= 4 is 38.4 Å². The first-order chi connectivity index (χ1) is 15.4. The summed E-state index contributed by atoms with van der Waals surface area (Å²) < 4.78 is 30.8. The topological polar surface area (TPSA) is 66.1 Å². The Morgan fingerprint density at radius 2 is 1.84 bits per heavy atom. The van der Waals surface area contributed by atoms with Crippen molar-refractivity contribution in [3.63, 3.8) is 0 Å². The minimum atomic E-state index is -3.77. The van der Waals surface area contributed by atoms with Crippen LogP contribution in [0.1, 0.15) is 11.1 Å². The molecular formula is C25H21N3O2S2. The van der Waals surface area contributed by atoms with Gasteiger partial charge in [0.15, 0.2) is 5.03 Å². The first kappa shape index (κ1) is 20.7. The fourth-order valence-electron chi connectivity index (χ4n) is 4.24. The van der Waals surface area contributed by atoms with Gasteiger partial charge < -0.3 is 4.57 Å². The third-order valence-corrected chi connectivity index (χ3v) is 8.77. The monoisotopic (exact) mass is 459 g/mol. The fraction of sp³-hybridized carbons (Fsp3) is 0.160. The lowest BCUT2D eigenvalue weighted by atomic mass is 9.98. The van der Waals surface area contributed by atoms with Gasteiger partial charge in [-0.3, -0.25) is 4.31 Å². The van der Waals surface area contributed by atoms with Gasteiger partial charge in [-0.05, 0) is 53.9 Å². The van der Waals surface area contributed by atoms with Gasteiger partial charge in [0.05, 0.1) is 17.3 Å². The molecule has 1 aliphatic rings. The maximum Gasteiger partial charge on any atom is 0.280 e. The SMILES string of the molecule is Cc1ccc(-c2ccc3c(c2)N(S(=O)(=O)c2cc4ccccc4n2C)CCS3)c(C#N)c1. The van der Waals surface area contributed by atoms with Crippen molar-refractivity contribution in [1.82, 2.24) is 4.57 Å². The zero-order valence-corrected chi connectivity index (χ0v) is 19.4. The molecule has 0 saturated carbocycles. The fourth-order valence-corrected chi connectivity index (χ4v) is 7.07. The molecular weight excluding hydrogens is 438 g/mol. The van der Waals surface area contributed by atoms with Gasteiger partial charge in [0.25, 0.3) is 10.0 Å². The number of sulfonamides is 1. The van der Waals surface area contributed by atoms with E-state index in [-0.39, 0.29) is 5.03 Å². The van der Waals surface area contributed by atoms with Gasteiger partial charge in [-0.2, -0.15) is 13.7 Å². The van der Waals surface area contributed by atoms with Crippen LogP contribution in [0, 0.1) is 18.3 Å². The highest BCUT2D eigenvalue weighted by molar-refractivity contribution is 8.00. The minimum absolute atomic E-state index is 0.273. The van der Waals surface area contributed by atoms with E-state index in [0.717, 1.165) is 32.5 Å². The molecule has 0 N–H and O–H groups in total. The summed E-state index contributed by atoms with van der Waals surface area (Å²) in [4.78, 5) is 0.924. The Morgan fingerprint density at radius 3 is 2.62 bits per heavy atom. The summed E-state index contributed by atoms with van der Waals surface area (Å²) in [7, 11) is -1.98. The number of aryl methyl sites for hydroxylation is 2. The molecule has 0 atom stereocenters. The molecule has 0 aliphatic carbocycles. The Hall–Kier alpha value is -3.21. The highest BCUT2D eigenvalue weighted by atomic mass is 32.2. The normalized spacial score (nSPS) is 13.7. The number of fused-ring (bicyclic) bond motifs is 2. The summed E-state index contributed by atoms with van der Waals surface area (Å²) in [5, 5.41) is 10.8. The number of hydrogen-bond donors (Lipinski definition) is 0. The number of para-hydroxylation sites is 1. The summed E-state index contributed by atoms with van der Waals surface area (Å²) in [5.41, 5.74) is 4.77. The molecule has 5 nitrogen and oxygen atoms in total. The van der Waals surface area contributed by atoms with Crippen LogP contribution >= 0.6 is 11.8 Å². The summed E-state index contributed by atoms with van der Waals surface area (Å²) >= 11 is 1.65.